The van der Waals surface area contributed by atoms with Gasteiger partial charge in [0.05, 0.1) is 16.8 Å². The molecular formula is C51H32N2S. The molecule has 9 aromatic rings. The number of aromatic nitrogens is 2. The standard InChI is InChI=1S/C51H32N2S/c1-2-14-36(15-3-1)50-52-46(32-47(53-50)41-20-12-16-34-13-4-5-17-38(34)41)35-27-25-33(26-28-35)37-29-30-45-49(31-37)54-48-24-11-10-23-44(48)51(45)42-21-8-6-18-39(42)40-19-7-9-22-43(40)51/h1-32H. The van der Waals surface area contributed by atoms with Crippen molar-refractivity contribution >= 4 is 22.5 Å². The lowest BCUT2D eigenvalue weighted by atomic mass is 9.67. The van der Waals surface area contributed by atoms with E-state index in [0.29, 0.717) is 0 Å². The minimum Gasteiger partial charge on any atom is -0.228 e. The molecule has 0 amide bonds. The minimum absolute atomic E-state index is 0.363. The number of benzene rings is 8. The highest BCUT2D eigenvalue weighted by molar-refractivity contribution is 7.99. The lowest BCUT2D eigenvalue weighted by Crippen LogP contribution is -2.31. The summed E-state index contributed by atoms with van der Waals surface area (Å²) in [4.78, 5) is 12.8. The van der Waals surface area contributed by atoms with E-state index in [-0.39, 0.29) is 5.41 Å². The molecule has 11 rings (SSSR count). The van der Waals surface area contributed by atoms with Gasteiger partial charge in [-0.15, -0.1) is 0 Å². The Labute approximate surface area is 318 Å². The smallest absolute Gasteiger partial charge is 0.160 e. The molecule has 0 fully saturated rings. The molecule has 2 nitrogen and oxygen atoms in total. The number of hydrogen-bond donors (Lipinski definition) is 0. The molecule has 1 aromatic heterocycles. The summed E-state index contributed by atoms with van der Waals surface area (Å²) in [6.07, 6.45) is 0. The number of nitrogens with zero attached hydrogens (tertiary/aromatic N) is 2. The van der Waals surface area contributed by atoms with E-state index in [0.717, 1.165) is 33.9 Å². The molecule has 8 aromatic carbocycles. The van der Waals surface area contributed by atoms with E-state index in [2.05, 4.69) is 176 Å². The van der Waals surface area contributed by atoms with Gasteiger partial charge in [-0.25, -0.2) is 9.97 Å². The first kappa shape index (κ1) is 31.0. The summed E-state index contributed by atoms with van der Waals surface area (Å²) in [5.74, 6) is 0.719. The van der Waals surface area contributed by atoms with Gasteiger partial charge in [-0.05, 0) is 73.5 Å². The Balaban J connectivity index is 1.02. The van der Waals surface area contributed by atoms with Gasteiger partial charge in [-0.1, -0.05) is 188 Å². The molecule has 3 heteroatoms. The van der Waals surface area contributed by atoms with E-state index in [1.165, 1.54) is 65.1 Å². The van der Waals surface area contributed by atoms with Gasteiger partial charge >= 0.3 is 0 Å². The zero-order valence-corrected chi connectivity index (χ0v) is 30.1. The Morgan fingerprint density at radius 1 is 0.352 bits per heavy atom. The molecule has 0 radical (unpaired) electrons. The summed E-state index contributed by atoms with van der Waals surface area (Å²) < 4.78 is 0. The van der Waals surface area contributed by atoms with Gasteiger partial charge in [0.15, 0.2) is 5.82 Å². The fraction of sp³-hybridized carbons (Fsp3) is 0.0196. The average Bonchev–Trinajstić information content (AvgIpc) is 3.54. The van der Waals surface area contributed by atoms with Crippen LogP contribution in [-0.4, -0.2) is 9.97 Å². The maximum Gasteiger partial charge on any atom is 0.160 e. The summed E-state index contributed by atoms with van der Waals surface area (Å²) in [7, 11) is 0. The quantitative estimate of drug-likeness (QED) is 0.182. The highest BCUT2D eigenvalue weighted by Gasteiger charge is 2.50. The van der Waals surface area contributed by atoms with Crippen molar-refractivity contribution in [2.45, 2.75) is 15.2 Å². The zero-order chi connectivity index (χ0) is 35.6. The lowest BCUT2D eigenvalue weighted by molar-refractivity contribution is 0.722. The van der Waals surface area contributed by atoms with Crippen LogP contribution in [0.25, 0.3) is 66.9 Å². The van der Waals surface area contributed by atoms with Crippen LogP contribution in [0.3, 0.4) is 0 Å². The number of fused-ring (bicyclic) bond motifs is 10. The first-order valence-corrected chi connectivity index (χ1v) is 19.2. The van der Waals surface area contributed by atoms with Crippen molar-refractivity contribution in [3.05, 3.63) is 216 Å². The van der Waals surface area contributed by atoms with E-state index in [1.54, 1.807) is 0 Å². The van der Waals surface area contributed by atoms with Gasteiger partial charge in [0, 0.05) is 26.5 Å². The Hall–Kier alpha value is -6.55. The van der Waals surface area contributed by atoms with Crippen LogP contribution in [0.5, 0.6) is 0 Å². The molecule has 0 atom stereocenters. The van der Waals surface area contributed by atoms with Gasteiger partial charge in [-0.3, -0.25) is 0 Å². The monoisotopic (exact) mass is 704 g/mol. The normalized spacial score (nSPS) is 13.3. The van der Waals surface area contributed by atoms with Crippen LogP contribution in [0.2, 0.25) is 0 Å². The second-order valence-corrected chi connectivity index (χ2v) is 15.2. The first-order valence-electron chi connectivity index (χ1n) is 18.4. The van der Waals surface area contributed by atoms with Gasteiger partial charge in [0.1, 0.15) is 0 Å². The van der Waals surface area contributed by atoms with E-state index in [9.17, 15) is 0 Å². The Bertz CT molecular complexity index is 2860. The van der Waals surface area contributed by atoms with Crippen molar-refractivity contribution in [3.63, 3.8) is 0 Å². The second-order valence-electron chi connectivity index (χ2n) is 14.1. The molecule has 1 aliphatic heterocycles. The molecule has 0 N–H and O–H groups in total. The third-order valence-electron chi connectivity index (χ3n) is 11.2. The van der Waals surface area contributed by atoms with Crippen molar-refractivity contribution < 1.29 is 0 Å². The molecule has 0 unspecified atom stereocenters. The Kier molecular flexibility index (Phi) is 7.05. The van der Waals surface area contributed by atoms with Gasteiger partial charge < -0.3 is 0 Å². The number of hydrogen-bond acceptors (Lipinski definition) is 3. The highest BCUT2D eigenvalue weighted by atomic mass is 32.2. The third-order valence-corrected chi connectivity index (χ3v) is 12.3. The highest BCUT2D eigenvalue weighted by Crippen LogP contribution is 2.62. The molecule has 0 saturated heterocycles. The summed E-state index contributed by atoms with van der Waals surface area (Å²) in [5.41, 5.74) is 15.1. The van der Waals surface area contributed by atoms with Crippen LogP contribution in [0, 0.1) is 0 Å². The van der Waals surface area contributed by atoms with Crippen molar-refractivity contribution in [2.75, 3.05) is 0 Å². The van der Waals surface area contributed by atoms with E-state index < -0.39 is 0 Å². The van der Waals surface area contributed by atoms with E-state index >= 15 is 0 Å². The molecule has 252 valence electrons. The first-order chi connectivity index (χ1) is 26.8. The van der Waals surface area contributed by atoms with E-state index in [1.807, 2.05) is 30.0 Å². The third kappa shape index (κ3) is 4.68. The molecule has 54 heavy (non-hydrogen) atoms. The van der Waals surface area contributed by atoms with Crippen LogP contribution in [0.15, 0.2) is 204 Å². The van der Waals surface area contributed by atoms with E-state index in [4.69, 9.17) is 9.97 Å². The second kappa shape index (κ2) is 12.3. The molecule has 2 heterocycles. The fourth-order valence-electron chi connectivity index (χ4n) is 8.77. The van der Waals surface area contributed by atoms with Crippen molar-refractivity contribution in [3.8, 4) is 56.2 Å². The molecule has 0 saturated carbocycles. The molecular weight excluding hydrogens is 673 g/mol. The summed E-state index contributed by atoms with van der Waals surface area (Å²) >= 11 is 1.88. The fourth-order valence-corrected chi connectivity index (χ4v) is 10.0. The number of rotatable bonds is 4. The van der Waals surface area contributed by atoms with Crippen LogP contribution < -0.4 is 0 Å². The predicted molar refractivity (Wildman–Crippen MR) is 223 cm³/mol. The Morgan fingerprint density at radius 3 is 1.72 bits per heavy atom. The van der Waals surface area contributed by atoms with Gasteiger partial charge in [0.25, 0.3) is 0 Å². The van der Waals surface area contributed by atoms with Crippen molar-refractivity contribution in [1.82, 2.24) is 9.97 Å². The van der Waals surface area contributed by atoms with Crippen LogP contribution in [0.4, 0.5) is 0 Å². The van der Waals surface area contributed by atoms with Crippen molar-refractivity contribution in [2.24, 2.45) is 0 Å². The predicted octanol–water partition coefficient (Wildman–Crippen LogP) is 13.1. The molecule has 2 aliphatic rings. The topological polar surface area (TPSA) is 25.8 Å². The van der Waals surface area contributed by atoms with Crippen LogP contribution in [-0.2, 0) is 5.41 Å². The minimum atomic E-state index is -0.363. The summed E-state index contributed by atoms with van der Waals surface area (Å²) in [6.45, 7) is 0. The molecule has 0 bridgehead atoms. The SMILES string of the molecule is c1ccc(-c2nc(-c3ccc(-c4ccc5c(c4)Sc4ccccc4C54c5ccccc5-c5ccccc54)cc3)cc(-c3cccc4ccccc34)n2)cc1. The van der Waals surface area contributed by atoms with Gasteiger partial charge in [0.2, 0.25) is 0 Å². The molecule has 1 spiro atoms. The summed E-state index contributed by atoms with van der Waals surface area (Å²) in [5, 5.41) is 2.37. The van der Waals surface area contributed by atoms with Crippen molar-refractivity contribution in [1.29, 1.82) is 0 Å². The zero-order valence-electron chi connectivity index (χ0n) is 29.3. The maximum atomic E-state index is 5.12. The van der Waals surface area contributed by atoms with Crippen LogP contribution in [0.1, 0.15) is 22.3 Å². The molecule has 1 aliphatic carbocycles. The Morgan fingerprint density at radius 2 is 0.926 bits per heavy atom. The lowest BCUT2D eigenvalue weighted by Gasteiger charge is -2.39. The van der Waals surface area contributed by atoms with Gasteiger partial charge in [-0.2, -0.15) is 0 Å². The largest absolute Gasteiger partial charge is 0.228 e. The van der Waals surface area contributed by atoms with Crippen LogP contribution >= 0.6 is 11.8 Å². The average molecular weight is 705 g/mol. The maximum absolute atomic E-state index is 5.12. The summed E-state index contributed by atoms with van der Waals surface area (Å²) in [6, 6.07) is 70.2.